The highest BCUT2D eigenvalue weighted by molar-refractivity contribution is 8.18. The molecule has 1 aliphatic heterocycles. The Hall–Kier alpha value is -3.47. The number of rotatable bonds is 9. The predicted molar refractivity (Wildman–Crippen MR) is 137 cm³/mol. The molecule has 2 amide bonds. The van der Waals surface area contributed by atoms with Gasteiger partial charge in [-0.2, -0.15) is 8.42 Å². The summed E-state index contributed by atoms with van der Waals surface area (Å²) in [6.07, 6.45) is 1.51. The van der Waals surface area contributed by atoms with Crippen LogP contribution in [0.3, 0.4) is 0 Å². The topological polar surface area (TPSA) is 99.2 Å². The summed E-state index contributed by atoms with van der Waals surface area (Å²) < 4.78 is 41.1. The number of amides is 2. The van der Waals surface area contributed by atoms with Gasteiger partial charge in [-0.1, -0.05) is 35.9 Å². The van der Waals surface area contributed by atoms with Crippen LogP contribution in [0.25, 0.3) is 6.08 Å². The van der Waals surface area contributed by atoms with Crippen LogP contribution in [0.5, 0.6) is 17.2 Å². The second-order valence-electron chi connectivity index (χ2n) is 7.40. The zero-order valence-corrected chi connectivity index (χ0v) is 21.3. The minimum absolute atomic E-state index is 0.0335. The first-order valence-corrected chi connectivity index (χ1v) is 13.2. The van der Waals surface area contributed by atoms with Crippen molar-refractivity contribution in [3.8, 4) is 17.2 Å². The van der Waals surface area contributed by atoms with Crippen molar-refractivity contribution >= 4 is 50.7 Å². The van der Waals surface area contributed by atoms with Crippen molar-refractivity contribution in [1.29, 1.82) is 0 Å². The van der Waals surface area contributed by atoms with Gasteiger partial charge in [-0.05, 0) is 71.9 Å². The molecular formula is C25H20ClNO7S2. The van der Waals surface area contributed by atoms with E-state index in [1.807, 2.05) is 0 Å². The summed E-state index contributed by atoms with van der Waals surface area (Å²) in [6.45, 7) is 0.137. The van der Waals surface area contributed by atoms with Crippen LogP contribution in [0, 0.1) is 0 Å². The van der Waals surface area contributed by atoms with Crippen molar-refractivity contribution < 1.29 is 31.7 Å². The summed E-state index contributed by atoms with van der Waals surface area (Å²) in [5.74, 6) is 0.570. The molecule has 0 saturated carbocycles. The Labute approximate surface area is 217 Å². The number of hydrogen-bond donors (Lipinski definition) is 0. The lowest BCUT2D eigenvalue weighted by Crippen LogP contribution is -2.32. The van der Waals surface area contributed by atoms with Crippen LogP contribution >= 0.6 is 23.4 Å². The van der Waals surface area contributed by atoms with Gasteiger partial charge in [-0.3, -0.25) is 14.5 Å². The van der Waals surface area contributed by atoms with Crippen molar-refractivity contribution in [2.24, 2.45) is 0 Å². The van der Waals surface area contributed by atoms with E-state index in [0.717, 1.165) is 16.7 Å². The fourth-order valence-electron chi connectivity index (χ4n) is 3.23. The van der Waals surface area contributed by atoms with Crippen molar-refractivity contribution in [2.45, 2.75) is 4.90 Å². The number of methoxy groups -OCH3 is 1. The first-order chi connectivity index (χ1) is 17.3. The highest BCUT2D eigenvalue weighted by Crippen LogP contribution is 2.33. The molecule has 0 radical (unpaired) electrons. The molecule has 1 heterocycles. The van der Waals surface area contributed by atoms with Crippen LogP contribution in [0.2, 0.25) is 5.02 Å². The molecule has 11 heteroatoms. The molecule has 0 aliphatic carbocycles. The van der Waals surface area contributed by atoms with Gasteiger partial charge in [0.15, 0.2) is 0 Å². The van der Waals surface area contributed by atoms with Gasteiger partial charge < -0.3 is 13.7 Å². The van der Waals surface area contributed by atoms with Crippen LogP contribution in [-0.4, -0.2) is 44.7 Å². The smallest absolute Gasteiger partial charge is 0.339 e. The Bertz CT molecular complexity index is 1420. The number of carbonyl (C=O) groups excluding carboxylic acids is 2. The molecule has 0 bridgehead atoms. The summed E-state index contributed by atoms with van der Waals surface area (Å²) in [7, 11) is -2.60. The Morgan fingerprint density at radius 2 is 1.72 bits per heavy atom. The van der Waals surface area contributed by atoms with Gasteiger partial charge in [0.1, 0.15) is 28.8 Å². The largest absolute Gasteiger partial charge is 0.497 e. The molecular weight excluding hydrogens is 526 g/mol. The molecule has 1 fully saturated rings. The van der Waals surface area contributed by atoms with Crippen molar-refractivity contribution in [3.63, 3.8) is 0 Å². The Morgan fingerprint density at radius 3 is 2.44 bits per heavy atom. The van der Waals surface area contributed by atoms with E-state index < -0.39 is 21.3 Å². The molecule has 8 nitrogen and oxygen atoms in total. The van der Waals surface area contributed by atoms with E-state index in [1.54, 1.807) is 36.4 Å². The number of carbonyl (C=O) groups is 2. The quantitative estimate of drug-likeness (QED) is 0.266. The van der Waals surface area contributed by atoms with Crippen molar-refractivity contribution in [2.75, 3.05) is 20.3 Å². The van der Waals surface area contributed by atoms with Gasteiger partial charge in [0.25, 0.3) is 11.1 Å². The van der Waals surface area contributed by atoms with Gasteiger partial charge >= 0.3 is 10.1 Å². The summed E-state index contributed by atoms with van der Waals surface area (Å²) in [5.41, 5.74) is 0.496. The van der Waals surface area contributed by atoms with Gasteiger partial charge in [0.05, 0.1) is 23.6 Å². The van der Waals surface area contributed by atoms with Gasteiger partial charge in [0, 0.05) is 0 Å². The molecule has 3 aromatic rings. The zero-order valence-electron chi connectivity index (χ0n) is 18.9. The third-order valence-corrected chi connectivity index (χ3v) is 7.47. The fraction of sp³-hybridized carbons (Fsp3) is 0.120. The number of hydrogen-bond acceptors (Lipinski definition) is 8. The zero-order chi connectivity index (χ0) is 25.7. The lowest BCUT2D eigenvalue weighted by molar-refractivity contribution is -0.123. The van der Waals surface area contributed by atoms with E-state index in [1.165, 1.54) is 49.6 Å². The molecule has 1 aliphatic rings. The van der Waals surface area contributed by atoms with Gasteiger partial charge in [-0.25, -0.2) is 0 Å². The lowest BCUT2D eigenvalue weighted by atomic mass is 10.2. The van der Waals surface area contributed by atoms with Crippen molar-refractivity contribution in [3.05, 3.63) is 88.3 Å². The molecule has 3 aromatic carbocycles. The maximum Gasteiger partial charge on any atom is 0.339 e. The van der Waals surface area contributed by atoms with E-state index >= 15 is 0 Å². The van der Waals surface area contributed by atoms with Crippen molar-refractivity contribution in [1.82, 2.24) is 4.90 Å². The molecule has 4 rings (SSSR count). The number of benzene rings is 3. The number of imide groups is 1. The monoisotopic (exact) mass is 545 g/mol. The SMILES string of the molecule is COc1ccc(S(=O)(=O)Oc2cccc(/C=C3\SC(=O)N(CCOc4ccccc4Cl)C3=O)c2)cc1. The average molecular weight is 546 g/mol. The molecule has 0 atom stereocenters. The van der Waals surface area contributed by atoms with E-state index in [0.29, 0.717) is 22.1 Å². The Morgan fingerprint density at radius 1 is 0.972 bits per heavy atom. The van der Waals surface area contributed by atoms with Crippen LogP contribution in [0.1, 0.15) is 5.56 Å². The normalized spacial score (nSPS) is 14.8. The summed E-state index contributed by atoms with van der Waals surface area (Å²) in [4.78, 5) is 26.4. The Kier molecular flexibility index (Phi) is 7.88. The molecule has 1 saturated heterocycles. The lowest BCUT2D eigenvalue weighted by Gasteiger charge is -2.13. The fourth-order valence-corrected chi connectivity index (χ4v) is 5.20. The number of para-hydroxylation sites is 1. The molecule has 186 valence electrons. The third kappa shape index (κ3) is 6.01. The molecule has 0 N–H and O–H groups in total. The maximum atomic E-state index is 12.8. The standard InChI is InChI=1S/C25H20ClNO7S2/c1-32-18-9-11-20(12-10-18)36(30,31)34-19-6-4-5-17(15-19)16-23-24(28)27(25(29)35-23)13-14-33-22-8-3-2-7-21(22)26/h2-12,15-16H,13-14H2,1H3/b23-16-. The maximum absolute atomic E-state index is 12.8. The van der Waals surface area contributed by atoms with Crippen LogP contribution in [0.4, 0.5) is 4.79 Å². The van der Waals surface area contributed by atoms with Crippen LogP contribution in [0.15, 0.2) is 82.6 Å². The minimum Gasteiger partial charge on any atom is -0.497 e. The molecule has 0 spiro atoms. The van der Waals surface area contributed by atoms with E-state index in [9.17, 15) is 18.0 Å². The number of thioether (sulfide) groups is 1. The highest BCUT2D eigenvalue weighted by Gasteiger charge is 2.34. The Balaban J connectivity index is 1.43. The van der Waals surface area contributed by atoms with E-state index in [-0.39, 0.29) is 28.7 Å². The first kappa shape index (κ1) is 25.6. The second kappa shape index (κ2) is 11.1. The van der Waals surface area contributed by atoms with Gasteiger partial charge in [-0.15, -0.1) is 0 Å². The molecule has 0 unspecified atom stereocenters. The van der Waals surface area contributed by atoms with Gasteiger partial charge in [0.2, 0.25) is 0 Å². The molecule has 36 heavy (non-hydrogen) atoms. The second-order valence-corrected chi connectivity index (χ2v) is 10.3. The van der Waals surface area contributed by atoms with E-state index in [4.69, 9.17) is 25.3 Å². The number of ether oxygens (including phenoxy) is 2. The van der Waals surface area contributed by atoms with Crippen LogP contribution in [-0.2, 0) is 14.9 Å². The number of nitrogens with zero attached hydrogens (tertiary/aromatic N) is 1. The molecule has 0 aromatic heterocycles. The average Bonchev–Trinajstić information content (AvgIpc) is 3.12. The van der Waals surface area contributed by atoms with Crippen LogP contribution < -0.4 is 13.7 Å². The predicted octanol–water partition coefficient (Wildman–Crippen LogP) is 5.23. The highest BCUT2D eigenvalue weighted by atomic mass is 35.5. The summed E-state index contributed by atoms with van der Waals surface area (Å²) in [5, 5.41) is 0.00568. The minimum atomic E-state index is -4.08. The third-order valence-electron chi connectivity index (χ3n) is 4.99. The summed E-state index contributed by atoms with van der Waals surface area (Å²) in [6, 6.07) is 18.9. The van der Waals surface area contributed by atoms with E-state index in [2.05, 4.69) is 0 Å². The first-order valence-electron chi connectivity index (χ1n) is 10.6. The summed E-state index contributed by atoms with van der Waals surface area (Å²) >= 11 is 6.84. The number of halogens is 1.